The number of hydrogen-bond acceptors (Lipinski definition) is 5. The molecule has 0 amide bonds. The lowest BCUT2D eigenvalue weighted by atomic mass is 10.4. The fourth-order valence-corrected chi connectivity index (χ4v) is 1.70. The van der Waals surface area contributed by atoms with Gasteiger partial charge in [-0.1, -0.05) is 6.92 Å². The minimum Gasteiger partial charge on any atom is -0.382 e. The number of nitrogens with zero attached hydrogens (tertiary/aromatic N) is 3. The third-order valence-corrected chi connectivity index (χ3v) is 2.50. The number of nitrogens with one attached hydrogen (secondary N) is 1. The van der Waals surface area contributed by atoms with E-state index in [9.17, 15) is 0 Å². The SMILES string of the molecule is CCCOCCCNc1nc(N)cn2ccnc12. The van der Waals surface area contributed by atoms with Crippen molar-refractivity contribution >= 4 is 17.3 Å². The number of rotatable bonds is 7. The number of imidazole rings is 1. The second-order valence-corrected chi connectivity index (χ2v) is 4.07. The lowest BCUT2D eigenvalue weighted by Crippen LogP contribution is -2.09. The standard InChI is InChI=1S/C12H19N5O/c1-2-7-18-8-3-4-14-11-12-15-5-6-17(12)9-10(13)16-11/h5-6,9H,2-4,7-8,13H2,1H3,(H,14,16). The summed E-state index contributed by atoms with van der Waals surface area (Å²) in [5, 5.41) is 3.24. The van der Waals surface area contributed by atoms with Gasteiger partial charge in [0, 0.05) is 32.2 Å². The fraction of sp³-hybridized carbons (Fsp3) is 0.500. The summed E-state index contributed by atoms with van der Waals surface area (Å²) >= 11 is 0. The molecule has 0 aliphatic heterocycles. The molecule has 0 saturated heterocycles. The van der Waals surface area contributed by atoms with E-state index >= 15 is 0 Å². The molecule has 98 valence electrons. The summed E-state index contributed by atoms with van der Waals surface area (Å²) in [6.07, 6.45) is 7.31. The van der Waals surface area contributed by atoms with Gasteiger partial charge >= 0.3 is 0 Å². The number of anilines is 2. The zero-order valence-electron chi connectivity index (χ0n) is 10.6. The molecule has 2 heterocycles. The molecule has 0 aliphatic carbocycles. The van der Waals surface area contributed by atoms with Crippen LogP contribution in [0.5, 0.6) is 0 Å². The van der Waals surface area contributed by atoms with Crippen LogP contribution in [-0.4, -0.2) is 34.1 Å². The minimum atomic E-state index is 0.477. The van der Waals surface area contributed by atoms with Crippen molar-refractivity contribution in [2.24, 2.45) is 0 Å². The topological polar surface area (TPSA) is 77.5 Å². The molecule has 0 aliphatic rings. The monoisotopic (exact) mass is 249 g/mol. The first-order chi connectivity index (χ1) is 8.81. The predicted octanol–water partition coefficient (Wildman–Crippen LogP) is 1.54. The van der Waals surface area contributed by atoms with Crippen LogP contribution >= 0.6 is 0 Å². The molecule has 18 heavy (non-hydrogen) atoms. The number of nitrogen functional groups attached to an aromatic ring is 1. The zero-order valence-corrected chi connectivity index (χ0v) is 10.6. The van der Waals surface area contributed by atoms with E-state index in [0.29, 0.717) is 5.82 Å². The smallest absolute Gasteiger partial charge is 0.180 e. The Bertz CT molecular complexity index is 496. The van der Waals surface area contributed by atoms with Crippen LogP contribution in [-0.2, 0) is 4.74 Å². The second-order valence-electron chi connectivity index (χ2n) is 4.07. The van der Waals surface area contributed by atoms with E-state index in [1.165, 1.54) is 0 Å². The molecular formula is C12H19N5O. The summed E-state index contributed by atoms with van der Waals surface area (Å²) in [7, 11) is 0. The minimum absolute atomic E-state index is 0.477. The van der Waals surface area contributed by atoms with Crippen LogP contribution in [0.25, 0.3) is 5.65 Å². The summed E-state index contributed by atoms with van der Waals surface area (Å²) in [5.41, 5.74) is 6.52. The van der Waals surface area contributed by atoms with E-state index in [2.05, 4.69) is 22.2 Å². The molecule has 0 saturated carbocycles. The Morgan fingerprint density at radius 3 is 3.17 bits per heavy atom. The Hall–Kier alpha value is -1.82. The highest BCUT2D eigenvalue weighted by molar-refractivity contribution is 5.64. The van der Waals surface area contributed by atoms with Gasteiger partial charge in [-0.15, -0.1) is 0 Å². The third kappa shape index (κ3) is 3.10. The normalized spacial score (nSPS) is 10.9. The van der Waals surface area contributed by atoms with Gasteiger partial charge in [-0.2, -0.15) is 0 Å². The van der Waals surface area contributed by atoms with Gasteiger partial charge in [-0.05, 0) is 12.8 Å². The van der Waals surface area contributed by atoms with Crippen molar-refractivity contribution in [3.05, 3.63) is 18.6 Å². The Kier molecular flexibility index (Phi) is 4.35. The van der Waals surface area contributed by atoms with Crippen molar-refractivity contribution in [3.8, 4) is 0 Å². The molecule has 6 heteroatoms. The second kappa shape index (κ2) is 6.20. The van der Waals surface area contributed by atoms with Gasteiger partial charge in [-0.25, -0.2) is 9.97 Å². The summed E-state index contributed by atoms with van der Waals surface area (Å²) in [6.45, 7) is 4.47. The number of ether oxygens (including phenoxy) is 1. The van der Waals surface area contributed by atoms with Gasteiger partial charge in [0.25, 0.3) is 0 Å². The first-order valence-electron chi connectivity index (χ1n) is 6.22. The zero-order chi connectivity index (χ0) is 12.8. The van der Waals surface area contributed by atoms with E-state index in [-0.39, 0.29) is 0 Å². The van der Waals surface area contributed by atoms with E-state index < -0.39 is 0 Å². The van der Waals surface area contributed by atoms with E-state index in [4.69, 9.17) is 10.5 Å². The quantitative estimate of drug-likeness (QED) is 0.728. The highest BCUT2D eigenvalue weighted by Gasteiger charge is 2.04. The van der Waals surface area contributed by atoms with E-state index in [1.54, 1.807) is 12.4 Å². The fourth-order valence-electron chi connectivity index (χ4n) is 1.70. The number of hydrogen-bond donors (Lipinski definition) is 2. The van der Waals surface area contributed by atoms with E-state index in [1.807, 2.05) is 10.6 Å². The van der Waals surface area contributed by atoms with Crippen LogP contribution in [0.1, 0.15) is 19.8 Å². The molecule has 0 aromatic carbocycles. The van der Waals surface area contributed by atoms with Crippen LogP contribution in [0, 0.1) is 0 Å². The molecule has 2 aromatic heterocycles. The Morgan fingerprint density at radius 2 is 2.33 bits per heavy atom. The average Bonchev–Trinajstić information content (AvgIpc) is 2.81. The third-order valence-electron chi connectivity index (χ3n) is 2.50. The number of fused-ring (bicyclic) bond motifs is 1. The van der Waals surface area contributed by atoms with Gasteiger partial charge < -0.3 is 20.2 Å². The van der Waals surface area contributed by atoms with Crippen molar-refractivity contribution in [1.82, 2.24) is 14.4 Å². The Morgan fingerprint density at radius 1 is 1.44 bits per heavy atom. The van der Waals surface area contributed by atoms with Crippen LogP contribution < -0.4 is 11.1 Å². The largest absolute Gasteiger partial charge is 0.382 e. The van der Waals surface area contributed by atoms with Gasteiger partial charge in [-0.3, -0.25) is 0 Å². The molecule has 0 fully saturated rings. The molecule has 0 bridgehead atoms. The molecule has 2 rings (SSSR count). The molecule has 6 nitrogen and oxygen atoms in total. The molecule has 2 aromatic rings. The van der Waals surface area contributed by atoms with Crippen molar-refractivity contribution in [3.63, 3.8) is 0 Å². The van der Waals surface area contributed by atoms with Crippen LogP contribution in [0.4, 0.5) is 11.6 Å². The molecule has 0 unspecified atom stereocenters. The van der Waals surface area contributed by atoms with Crippen LogP contribution in [0.3, 0.4) is 0 Å². The maximum absolute atomic E-state index is 5.73. The first-order valence-corrected chi connectivity index (χ1v) is 6.22. The highest BCUT2D eigenvalue weighted by Crippen LogP contribution is 2.14. The lowest BCUT2D eigenvalue weighted by Gasteiger charge is -2.08. The lowest BCUT2D eigenvalue weighted by molar-refractivity contribution is 0.134. The summed E-state index contributed by atoms with van der Waals surface area (Å²) in [5.74, 6) is 1.20. The molecule has 0 atom stereocenters. The average molecular weight is 249 g/mol. The van der Waals surface area contributed by atoms with Crippen LogP contribution in [0.2, 0.25) is 0 Å². The molecule has 0 radical (unpaired) electrons. The summed E-state index contributed by atoms with van der Waals surface area (Å²) < 4.78 is 7.27. The molecule has 3 N–H and O–H groups in total. The molecule has 0 spiro atoms. The maximum Gasteiger partial charge on any atom is 0.180 e. The van der Waals surface area contributed by atoms with Gasteiger partial charge in [0.15, 0.2) is 11.5 Å². The predicted molar refractivity (Wildman–Crippen MR) is 71.6 cm³/mol. The first kappa shape index (κ1) is 12.6. The summed E-state index contributed by atoms with van der Waals surface area (Å²) in [6, 6.07) is 0. The van der Waals surface area contributed by atoms with Crippen molar-refractivity contribution in [2.75, 3.05) is 30.8 Å². The van der Waals surface area contributed by atoms with Crippen molar-refractivity contribution in [1.29, 1.82) is 0 Å². The van der Waals surface area contributed by atoms with Gasteiger partial charge in [0.05, 0.1) is 6.20 Å². The van der Waals surface area contributed by atoms with Crippen molar-refractivity contribution in [2.45, 2.75) is 19.8 Å². The number of nitrogens with two attached hydrogens (primary N) is 1. The van der Waals surface area contributed by atoms with Gasteiger partial charge in [0.1, 0.15) is 5.82 Å². The van der Waals surface area contributed by atoms with Gasteiger partial charge in [0.2, 0.25) is 0 Å². The Balaban J connectivity index is 1.89. The highest BCUT2D eigenvalue weighted by atomic mass is 16.5. The molecular weight excluding hydrogens is 230 g/mol. The maximum atomic E-state index is 5.73. The summed E-state index contributed by atoms with van der Waals surface area (Å²) in [4.78, 5) is 8.49. The Labute approximate surface area is 106 Å². The van der Waals surface area contributed by atoms with E-state index in [0.717, 1.165) is 44.1 Å². The van der Waals surface area contributed by atoms with Crippen molar-refractivity contribution < 1.29 is 4.74 Å². The van der Waals surface area contributed by atoms with Crippen LogP contribution in [0.15, 0.2) is 18.6 Å². The number of aromatic nitrogens is 3.